The Bertz CT molecular complexity index is 969. The number of fused-ring (bicyclic) bond motifs is 1. The first-order valence-electron chi connectivity index (χ1n) is 10.6. The highest BCUT2D eigenvalue weighted by atomic mass is 16.5. The summed E-state index contributed by atoms with van der Waals surface area (Å²) in [5, 5.41) is 5.12. The molecule has 2 heterocycles. The predicted molar refractivity (Wildman–Crippen MR) is 113 cm³/mol. The van der Waals surface area contributed by atoms with E-state index in [1.165, 1.54) is 6.39 Å². The lowest BCUT2D eigenvalue weighted by Gasteiger charge is -2.23. The molecule has 0 bridgehead atoms. The molecule has 1 aliphatic rings. The van der Waals surface area contributed by atoms with Crippen LogP contribution in [0.2, 0.25) is 0 Å². The van der Waals surface area contributed by atoms with E-state index in [0.29, 0.717) is 17.9 Å². The number of amides is 2. The third kappa shape index (κ3) is 6.03. The van der Waals surface area contributed by atoms with Gasteiger partial charge in [0.2, 0.25) is 5.78 Å². The molecule has 0 aliphatic carbocycles. The molecule has 2 atom stereocenters. The van der Waals surface area contributed by atoms with Gasteiger partial charge in [-0.15, -0.1) is 0 Å². The van der Waals surface area contributed by atoms with Crippen LogP contribution in [0.1, 0.15) is 43.7 Å². The lowest BCUT2D eigenvalue weighted by molar-refractivity contribution is -0.141. The number of rotatable bonds is 7. The van der Waals surface area contributed by atoms with Crippen LogP contribution in [0.3, 0.4) is 0 Å². The van der Waals surface area contributed by atoms with Crippen LogP contribution in [0.5, 0.6) is 0 Å². The molecule has 0 spiro atoms. The van der Waals surface area contributed by atoms with E-state index < -0.39 is 29.7 Å². The number of nitrogens with one attached hydrogen (secondary N) is 2. The number of oxazole rings is 1. The van der Waals surface area contributed by atoms with Crippen LogP contribution in [0.25, 0.3) is 0 Å². The van der Waals surface area contributed by atoms with Crippen molar-refractivity contribution in [2.24, 2.45) is 11.8 Å². The lowest BCUT2D eigenvalue weighted by atomic mass is 9.87. The van der Waals surface area contributed by atoms with Gasteiger partial charge >= 0.3 is 6.09 Å². The molecule has 2 N–H and O–H groups in total. The Balaban J connectivity index is 1.62. The van der Waals surface area contributed by atoms with Crippen molar-refractivity contribution < 1.29 is 28.3 Å². The second kappa shape index (κ2) is 10.7. The molecule has 0 fully saturated rings. The summed E-state index contributed by atoms with van der Waals surface area (Å²) in [6.45, 7) is 3.73. The summed E-state index contributed by atoms with van der Waals surface area (Å²) in [7, 11) is 0. The van der Waals surface area contributed by atoms with Crippen LogP contribution in [0.15, 0.2) is 41.1 Å². The predicted octanol–water partition coefficient (Wildman–Crippen LogP) is 2.33. The fraction of sp³-hybridized carbons (Fsp3) is 0.435. The van der Waals surface area contributed by atoms with Gasteiger partial charge in [0.05, 0.1) is 18.3 Å². The van der Waals surface area contributed by atoms with Crippen molar-refractivity contribution in [3.8, 4) is 0 Å². The highest BCUT2D eigenvalue weighted by Gasteiger charge is 2.33. The number of benzene rings is 1. The summed E-state index contributed by atoms with van der Waals surface area (Å²) >= 11 is 0. The summed E-state index contributed by atoms with van der Waals surface area (Å²) in [4.78, 5) is 54.2. The van der Waals surface area contributed by atoms with E-state index in [1.807, 2.05) is 30.3 Å². The molecular formula is C23H27N3O6. The van der Waals surface area contributed by atoms with E-state index in [0.717, 1.165) is 5.56 Å². The van der Waals surface area contributed by atoms with Crippen LogP contribution in [-0.2, 0) is 38.7 Å². The van der Waals surface area contributed by atoms with Crippen LogP contribution < -0.4 is 10.6 Å². The summed E-state index contributed by atoms with van der Waals surface area (Å²) in [6.07, 6.45) is 1.10. The molecule has 0 radical (unpaired) electrons. The minimum atomic E-state index is -0.843. The van der Waals surface area contributed by atoms with Crippen molar-refractivity contribution in [1.29, 1.82) is 0 Å². The quantitative estimate of drug-likeness (QED) is 0.631. The van der Waals surface area contributed by atoms with Crippen LogP contribution in [0, 0.1) is 11.8 Å². The minimum Gasteiger partial charge on any atom is -0.446 e. The van der Waals surface area contributed by atoms with Gasteiger partial charge < -0.3 is 19.8 Å². The van der Waals surface area contributed by atoms with Gasteiger partial charge in [0.15, 0.2) is 12.2 Å². The monoisotopic (exact) mass is 441 g/mol. The Morgan fingerprint density at radius 3 is 2.72 bits per heavy atom. The molecule has 9 heteroatoms. The highest BCUT2D eigenvalue weighted by molar-refractivity contribution is 6.37. The van der Waals surface area contributed by atoms with Gasteiger partial charge in [0, 0.05) is 12.3 Å². The third-order valence-corrected chi connectivity index (χ3v) is 5.41. The molecule has 2 amide bonds. The number of hydrogen-bond acceptors (Lipinski definition) is 7. The van der Waals surface area contributed by atoms with Crippen molar-refractivity contribution in [2.45, 2.75) is 52.3 Å². The van der Waals surface area contributed by atoms with Crippen LogP contribution >= 0.6 is 0 Å². The van der Waals surface area contributed by atoms with Crippen LogP contribution in [0.4, 0.5) is 4.79 Å². The fourth-order valence-corrected chi connectivity index (χ4v) is 3.59. The number of nitrogens with zero attached hydrogens (tertiary/aromatic N) is 1. The number of ether oxygens (including phenoxy) is 1. The molecule has 0 saturated heterocycles. The third-order valence-electron chi connectivity index (χ3n) is 5.41. The Labute approximate surface area is 185 Å². The number of ketones is 2. The second-order valence-electron chi connectivity index (χ2n) is 8.10. The first-order valence-corrected chi connectivity index (χ1v) is 10.6. The van der Waals surface area contributed by atoms with E-state index in [9.17, 15) is 19.2 Å². The smallest absolute Gasteiger partial charge is 0.408 e. The van der Waals surface area contributed by atoms with Crippen LogP contribution in [-0.4, -0.2) is 34.6 Å². The van der Waals surface area contributed by atoms with Crippen molar-refractivity contribution in [3.63, 3.8) is 0 Å². The molecule has 1 aliphatic heterocycles. The number of carbonyl (C=O) groups excluding carboxylic acids is 4. The molecule has 2 unspecified atom stereocenters. The molecule has 32 heavy (non-hydrogen) atoms. The summed E-state index contributed by atoms with van der Waals surface area (Å²) in [6, 6.07) is 8.34. The van der Waals surface area contributed by atoms with E-state index in [4.69, 9.17) is 9.15 Å². The Kier molecular flexibility index (Phi) is 7.75. The first-order chi connectivity index (χ1) is 15.3. The molecule has 1 aromatic heterocycles. The van der Waals surface area contributed by atoms with Crippen molar-refractivity contribution in [1.82, 2.24) is 15.6 Å². The molecule has 170 valence electrons. The van der Waals surface area contributed by atoms with E-state index in [2.05, 4.69) is 15.6 Å². The minimum absolute atomic E-state index is 0.0734. The Morgan fingerprint density at radius 2 is 2.00 bits per heavy atom. The lowest BCUT2D eigenvalue weighted by Crippen LogP contribution is -2.46. The topological polar surface area (TPSA) is 128 Å². The molecule has 1 aromatic carbocycles. The maximum Gasteiger partial charge on any atom is 0.408 e. The van der Waals surface area contributed by atoms with Gasteiger partial charge in [-0.1, -0.05) is 44.2 Å². The SMILES string of the molecule is CC(C)C(NC(=O)OCc1ccccc1)C(=O)CC1CCc2ncoc2CNC(=O)C1=O. The van der Waals surface area contributed by atoms with Crippen molar-refractivity contribution in [3.05, 3.63) is 53.7 Å². The Hall–Kier alpha value is -3.49. The zero-order valence-electron chi connectivity index (χ0n) is 18.1. The molecule has 9 nitrogen and oxygen atoms in total. The van der Waals surface area contributed by atoms with E-state index in [1.54, 1.807) is 13.8 Å². The normalized spacial score (nSPS) is 17.4. The maximum atomic E-state index is 13.0. The fourth-order valence-electron chi connectivity index (χ4n) is 3.59. The number of aryl methyl sites for hydroxylation is 1. The molecular weight excluding hydrogens is 414 g/mol. The molecule has 2 aromatic rings. The van der Waals surface area contributed by atoms with Gasteiger partial charge in [-0.05, 0) is 24.3 Å². The number of hydrogen-bond donors (Lipinski definition) is 2. The van der Waals surface area contributed by atoms with E-state index in [-0.39, 0.29) is 37.7 Å². The van der Waals surface area contributed by atoms with E-state index >= 15 is 0 Å². The average molecular weight is 441 g/mol. The number of aromatic nitrogens is 1. The number of alkyl carbamates (subject to hydrolysis) is 1. The average Bonchev–Trinajstić information content (AvgIpc) is 3.24. The zero-order chi connectivity index (χ0) is 23.1. The highest BCUT2D eigenvalue weighted by Crippen LogP contribution is 2.21. The van der Waals surface area contributed by atoms with Gasteiger partial charge in [-0.2, -0.15) is 0 Å². The van der Waals surface area contributed by atoms with Gasteiger partial charge in [0.25, 0.3) is 5.91 Å². The zero-order valence-corrected chi connectivity index (χ0v) is 18.1. The standard InChI is InChI=1S/C23H27N3O6/c1-14(2)20(26-23(30)31-12-15-6-4-3-5-7-15)18(27)10-16-8-9-17-19(32-13-25-17)11-24-22(29)21(16)28/h3-7,13-14,16,20H,8-12H2,1-2H3,(H,24,29)(H,26,30). The van der Waals surface area contributed by atoms with Gasteiger partial charge in [-0.25, -0.2) is 9.78 Å². The first kappa shape index (κ1) is 23.2. The van der Waals surface area contributed by atoms with Gasteiger partial charge in [0.1, 0.15) is 12.4 Å². The number of carbonyl (C=O) groups is 4. The Morgan fingerprint density at radius 1 is 1.25 bits per heavy atom. The number of Topliss-reactive ketones (excluding diaryl/α,β-unsaturated/α-hetero) is 2. The molecule has 3 rings (SSSR count). The van der Waals surface area contributed by atoms with Crippen molar-refractivity contribution in [2.75, 3.05) is 0 Å². The second-order valence-corrected chi connectivity index (χ2v) is 8.10. The summed E-state index contributed by atoms with van der Waals surface area (Å²) in [5.74, 6) is -2.28. The van der Waals surface area contributed by atoms with Gasteiger partial charge in [-0.3, -0.25) is 14.4 Å². The van der Waals surface area contributed by atoms with Crippen molar-refractivity contribution >= 4 is 23.6 Å². The maximum absolute atomic E-state index is 13.0. The molecule has 0 saturated carbocycles. The largest absolute Gasteiger partial charge is 0.446 e. The summed E-state index contributed by atoms with van der Waals surface area (Å²) in [5.41, 5.74) is 1.48. The summed E-state index contributed by atoms with van der Waals surface area (Å²) < 4.78 is 10.5.